The van der Waals surface area contributed by atoms with Crippen LogP contribution in [0.15, 0.2) is 36.7 Å². The van der Waals surface area contributed by atoms with Crippen LogP contribution in [0.3, 0.4) is 0 Å². The Morgan fingerprint density at radius 2 is 2.00 bits per heavy atom. The standard InChI is InChI=1S/C17H17N3O2S2/c1-11-14-16(20-13-7-8-24(21,22)9-13)18-10-19-17(14)23-15(11)12-5-3-2-4-6-12/h2-6,10,13H,7-9H2,1H3,(H,18,19,20). The highest BCUT2D eigenvalue weighted by atomic mass is 32.2. The molecule has 0 radical (unpaired) electrons. The Hall–Kier alpha value is -1.99. The number of anilines is 1. The predicted octanol–water partition coefficient (Wildman–Crippen LogP) is 3.27. The van der Waals surface area contributed by atoms with E-state index in [9.17, 15) is 8.42 Å². The summed E-state index contributed by atoms with van der Waals surface area (Å²) >= 11 is 1.64. The van der Waals surface area contributed by atoms with Gasteiger partial charge in [-0.1, -0.05) is 30.3 Å². The topological polar surface area (TPSA) is 72.0 Å². The van der Waals surface area contributed by atoms with Crippen LogP contribution in [0.5, 0.6) is 0 Å². The molecule has 3 heterocycles. The lowest BCUT2D eigenvalue weighted by molar-refractivity contribution is 0.602. The lowest BCUT2D eigenvalue weighted by Gasteiger charge is -2.12. The highest BCUT2D eigenvalue weighted by Gasteiger charge is 2.28. The molecular formula is C17H17N3O2S2. The average molecular weight is 359 g/mol. The zero-order valence-electron chi connectivity index (χ0n) is 13.2. The molecule has 0 spiro atoms. The van der Waals surface area contributed by atoms with Crippen LogP contribution < -0.4 is 5.32 Å². The normalized spacial score (nSPS) is 19.6. The van der Waals surface area contributed by atoms with Crippen LogP contribution in [0.2, 0.25) is 0 Å². The number of benzene rings is 1. The first-order valence-corrected chi connectivity index (χ1v) is 10.4. The van der Waals surface area contributed by atoms with E-state index >= 15 is 0 Å². The van der Waals surface area contributed by atoms with Crippen molar-refractivity contribution in [1.82, 2.24) is 9.97 Å². The molecule has 3 aromatic rings. The minimum Gasteiger partial charge on any atom is -0.366 e. The summed E-state index contributed by atoms with van der Waals surface area (Å²) in [5, 5.41) is 4.31. The number of rotatable bonds is 3. The molecule has 1 fully saturated rings. The Kier molecular flexibility index (Phi) is 3.77. The van der Waals surface area contributed by atoms with E-state index in [1.54, 1.807) is 17.7 Å². The Bertz CT molecular complexity index is 997. The van der Waals surface area contributed by atoms with E-state index in [0.29, 0.717) is 6.42 Å². The van der Waals surface area contributed by atoms with E-state index < -0.39 is 9.84 Å². The van der Waals surface area contributed by atoms with Gasteiger partial charge in [-0.3, -0.25) is 0 Å². The Labute approximate surface area is 144 Å². The highest BCUT2D eigenvalue weighted by molar-refractivity contribution is 7.91. The largest absolute Gasteiger partial charge is 0.366 e. The average Bonchev–Trinajstić information content (AvgIpc) is 3.09. The van der Waals surface area contributed by atoms with Crippen LogP contribution in [0.4, 0.5) is 5.82 Å². The molecule has 1 atom stereocenters. The highest BCUT2D eigenvalue weighted by Crippen LogP contribution is 2.39. The molecule has 0 aliphatic carbocycles. The van der Waals surface area contributed by atoms with Gasteiger partial charge in [0.2, 0.25) is 0 Å². The van der Waals surface area contributed by atoms with Crippen LogP contribution in [-0.2, 0) is 9.84 Å². The van der Waals surface area contributed by atoms with Gasteiger partial charge in [-0.2, -0.15) is 0 Å². The second kappa shape index (κ2) is 5.82. The van der Waals surface area contributed by atoms with Crippen molar-refractivity contribution in [3.05, 3.63) is 42.2 Å². The maximum atomic E-state index is 11.7. The number of thiophene rings is 1. The maximum Gasteiger partial charge on any atom is 0.152 e. The number of aromatic nitrogens is 2. The Morgan fingerprint density at radius 1 is 1.21 bits per heavy atom. The number of nitrogens with zero attached hydrogens (tertiary/aromatic N) is 2. The fourth-order valence-corrected chi connectivity index (χ4v) is 5.98. The second-order valence-electron chi connectivity index (χ2n) is 6.07. The molecule has 4 rings (SSSR count). The van der Waals surface area contributed by atoms with Gasteiger partial charge >= 0.3 is 0 Å². The molecule has 1 aliphatic rings. The van der Waals surface area contributed by atoms with Crippen LogP contribution in [-0.4, -0.2) is 35.9 Å². The van der Waals surface area contributed by atoms with Crippen molar-refractivity contribution in [3.63, 3.8) is 0 Å². The molecule has 1 aromatic carbocycles. The van der Waals surface area contributed by atoms with Crippen molar-refractivity contribution in [2.45, 2.75) is 19.4 Å². The first-order chi connectivity index (χ1) is 11.5. The van der Waals surface area contributed by atoms with Crippen molar-refractivity contribution in [2.24, 2.45) is 0 Å². The van der Waals surface area contributed by atoms with Crippen molar-refractivity contribution >= 4 is 37.2 Å². The third-order valence-corrected chi connectivity index (χ3v) is 7.35. The molecular weight excluding hydrogens is 342 g/mol. The molecule has 2 aromatic heterocycles. The quantitative estimate of drug-likeness (QED) is 0.777. The molecule has 1 N–H and O–H groups in total. The summed E-state index contributed by atoms with van der Waals surface area (Å²) in [6.45, 7) is 2.07. The van der Waals surface area contributed by atoms with E-state index in [1.807, 2.05) is 18.2 Å². The van der Waals surface area contributed by atoms with E-state index in [2.05, 4.69) is 34.3 Å². The third kappa shape index (κ3) is 2.78. The zero-order valence-corrected chi connectivity index (χ0v) is 14.8. The van der Waals surface area contributed by atoms with Crippen LogP contribution in [0, 0.1) is 6.92 Å². The number of aryl methyl sites for hydroxylation is 1. The van der Waals surface area contributed by atoms with Gasteiger partial charge in [0.1, 0.15) is 17.0 Å². The lowest BCUT2D eigenvalue weighted by atomic mass is 10.1. The van der Waals surface area contributed by atoms with Gasteiger partial charge in [-0.25, -0.2) is 18.4 Å². The fraction of sp³-hybridized carbons (Fsp3) is 0.294. The van der Waals surface area contributed by atoms with Crippen molar-refractivity contribution < 1.29 is 8.42 Å². The third-order valence-electron chi connectivity index (χ3n) is 4.34. The van der Waals surface area contributed by atoms with E-state index in [-0.39, 0.29) is 17.5 Å². The molecule has 0 bridgehead atoms. The van der Waals surface area contributed by atoms with Gasteiger partial charge in [-0.05, 0) is 24.5 Å². The molecule has 5 nitrogen and oxygen atoms in total. The Balaban J connectivity index is 1.76. The number of hydrogen-bond donors (Lipinski definition) is 1. The summed E-state index contributed by atoms with van der Waals surface area (Å²) in [5.41, 5.74) is 2.29. The van der Waals surface area contributed by atoms with E-state index in [4.69, 9.17) is 0 Å². The lowest BCUT2D eigenvalue weighted by Crippen LogP contribution is -2.21. The maximum absolute atomic E-state index is 11.7. The molecule has 124 valence electrons. The van der Waals surface area contributed by atoms with Gasteiger partial charge < -0.3 is 5.32 Å². The number of fused-ring (bicyclic) bond motifs is 1. The minimum atomic E-state index is -2.92. The van der Waals surface area contributed by atoms with Gasteiger partial charge in [0.15, 0.2) is 9.84 Å². The molecule has 24 heavy (non-hydrogen) atoms. The van der Waals surface area contributed by atoms with Gasteiger partial charge in [0.05, 0.1) is 16.9 Å². The minimum absolute atomic E-state index is 0.0763. The summed E-state index contributed by atoms with van der Waals surface area (Å²) < 4.78 is 23.4. The summed E-state index contributed by atoms with van der Waals surface area (Å²) in [4.78, 5) is 10.9. The summed E-state index contributed by atoms with van der Waals surface area (Å²) in [7, 11) is -2.92. The smallest absolute Gasteiger partial charge is 0.152 e. The molecule has 1 saturated heterocycles. The molecule has 0 saturated carbocycles. The monoisotopic (exact) mass is 359 g/mol. The zero-order chi connectivity index (χ0) is 16.7. The number of hydrogen-bond acceptors (Lipinski definition) is 6. The molecule has 7 heteroatoms. The fourth-order valence-electron chi connectivity index (χ4n) is 3.15. The first-order valence-electron chi connectivity index (χ1n) is 7.80. The summed E-state index contributed by atoms with van der Waals surface area (Å²) in [6.07, 6.45) is 2.17. The number of sulfone groups is 1. The van der Waals surface area contributed by atoms with Crippen molar-refractivity contribution in [3.8, 4) is 10.4 Å². The van der Waals surface area contributed by atoms with E-state index in [1.165, 1.54) is 4.88 Å². The van der Waals surface area contributed by atoms with Crippen LogP contribution >= 0.6 is 11.3 Å². The predicted molar refractivity (Wildman–Crippen MR) is 98.3 cm³/mol. The van der Waals surface area contributed by atoms with Gasteiger partial charge in [-0.15, -0.1) is 11.3 Å². The SMILES string of the molecule is Cc1c(-c2ccccc2)sc2ncnc(NC3CCS(=O)(=O)C3)c12. The molecule has 0 amide bonds. The molecule has 1 aliphatic heterocycles. The van der Waals surface area contributed by atoms with Crippen LogP contribution in [0.1, 0.15) is 12.0 Å². The Morgan fingerprint density at radius 3 is 2.71 bits per heavy atom. The summed E-state index contributed by atoms with van der Waals surface area (Å²) in [5.74, 6) is 1.15. The van der Waals surface area contributed by atoms with Crippen molar-refractivity contribution in [2.75, 3.05) is 16.8 Å². The summed E-state index contributed by atoms with van der Waals surface area (Å²) in [6, 6.07) is 10.1. The first kappa shape index (κ1) is 15.5. The van der Waals surface area contributed by atoms with E-state index in [0.717, 1.165) is 27.2 Å². The van der Waals surface area contributed by atoms with Crippen molar-refractivity contribution in [1.29, 1.82) is 0 Å². The second-order valence-corrected chi connectivity index (χ2v) is 9.30. The molecule has 1 unspecified atom stereocenters. The number of nitrogens with one attached hydrogen (secondary N) is 1. The van der Waals surface area contributed by atoms with Crippen LogP contribution in [0.25, 0.3) is 20.7 Å². The van der Waals surface area contributed by atoms with Gasteiger partial charge in [0, 0.05) is 10.9 Å². The van der Waals surface area contributed by atoms with Gasteiger partial charge in [0.25, 0.3) is 0 Å².